The third kappa shape index (κ3) is 7.89. The number of ether oxygens (including phenoxy) is 4. The molecule has 0 saturated carbocycles. The average molecular weight is 631 g/mol. The maximum Gasteiger partial charge on any atom is 0.258 e. The largest absolute Gasteiger partial charge is 0.497 e. The Morgan fingerprint density at radius 3 is 2.09 bits per heavy atom. The number of rotatable bonds is 11. The minimum Gasteiger partial charge on any atom is -0.497 e. The van der Waals surface area contributed by atoms with Crippen LogP contribution in [0.1, 0.15) is 68.4 Å². The second kappa shape index (κ2) is 14.7. The van der Waals surface area contributed by atoms with Gasteiger partial charge in [0.05, 0.1) is 50.8 Å². The van der Waals surface area contributed by atoms with E-state index in [9.17, 15) is 14.7 Å². The molecule has 2 fully saturated rings. The first kappa shape index (κ1) is 33.4. The number of nitrogens with zero attached hydrogens (tertiary/aromatic N) is 1. The molecule has 5 atom stereocenters. The fourth-order valence-corrected chi connectivity index (χ4v) is 6.34. The molecule has 1 unspecified atom stereocenters. The van der Waals surface area contributed by atoms with E-state index in [0.717, 1.165) is 30.4 Å². The number of hydrogen-bond donors (Lipinski definition) is 2. The highest BCUT2D eigenvalue weighted by Crippen LogP contribution is 2.35. The number of benzene rings is 3. The Bertz CT molecular complexity index is 1470. The monoisotopic (exact) mass is 630 g/mol. The highest BCUT2D eigenvalue weighted by Gasteiger charge is 2.41. The van der Waals surface area contributed by atoms with Crippen molar-refractivity contribution in [2.75, 3.05) is 27.4 Å². The molecule has 2 N–H and O–H groups in total. The summed E-state index contributed by atoms with van der Waals surface area (Å²) in [6.07, 6.45) is 2.34. The normalized spacial score (nSPS) is 21.9. The van der Waals surface area contributed by atoms with Gasteiger partial charge in [0.15, 0.2) is 0 Å². The van der Waals surface area contributed by atoms with Crippen LogP contribution in [0.4, 0.5) is 0 Å². The van der Waals surface area contributed by atoms with Crippen LogP contribution in [-0.4, -0.2) is 79.1 Å². The molecule has 2 heterocycles. The summed E-state index contributed by atoms with van der Waals surface area (Å²) in [6, 6.07) is 21.9. The number of methoxy groups -OCH3 is 2. The van der Waals surface area contributed by atoms with Crippen molar-refractivity contribution in [3.8, 4) is 22.6 Å². The molecule has 5 rings (SSSR count). The number of carbonyl (C=O) groups is 2. The van der Waals surface area contributed by atoms with Crippen molar-refractivity contribution in [3.05, 3.63) is 83.9 Å². The average Bonchev–Trinajstić information content (AvgIpc) is 3.73. The number of carbonyl (C=O) groups excluding carboxylic acids is 2. The molecule has 2 amide bonds. The first-order chi connectivity index (χ1) is 22.1. The second-order valence-corrected chi connectivity index (χ2v) is 13.1. The van der Waals surface area contributed by atoms with Crippen LogP contribution in [-0.2, 0) is 14.3 Å². The fourth-order valence-electron chi connectivity index (χ4n) is 6.34. The lowest BCUT2D eigenvalue weighted by molar-refractivity contribution is -0.128. The number of aliphatic hydroxyl groups excluding tert-OH is 1. The van der Waals surface area contributed by atoms with Gasteiger partial charge in [0.2, 0.25) is 5.91 Å². The predicted molar refractivity (Wildman–Crippen MR) is 176 cm³/mol. The fraction of sp³-hybridized carbons (Fsp3) is 0.459. The molecule has 9 nitrogen and oxygen atoms in total. The van der Waals surface area contributed by atoms with Crippen LogP contribution >= 0.6 is 0 Å². The lowest BCUT2D eigenvalue weighted by Gasteiger charge is -2.35. The van der Waals surface area contributed by atoms with Gasteiger partial charge in [-0.05, 0) is 81.3 Å². The van der Waals surface area contributed by atoms with Crippen molar-refractivity contribution in [2.45, 2.75) is 82.5 Å². The Balaban J connectivity index is 1.53. The Hall–Kier alpha value is -3.92. The van der Waals surface area contributed by atoms with Gasteiger partial charge in [-0.1, -0.05) is 54.6 Å². The van der Waals surface area contributed by atoms with Gasteiger partial charge < -0.3 is 34.3 Å². The molecule has 246 valence electrons. The third-order valence-corrected chi connectivity index (χ3v) is 8.59. The van der Waals surface area contributed by atoms with Gasteiger partial charge in [-0.25, -0.2) is 0 Å². The zero-order valence-corrected chi connectivity index (χ0v) is 27.4. The van der Waals surface area contributed by atoms with Gasteiger partial charge in [0.1, 0.15) is 17.5 Å². The number of nitrogens with one attached hydrogen (secondary N) is 1. The zero-order valence-electron chi connectivity index (χ0n) is 27.4. The van der Waals surface area contributed by atoms with Crippen molar-refractivity contribution >= 4 is 11.8 Å². The lowest BCUT2D eigenvalue weighted by atomic mass is 9.97. The molecule has 2 saturated heterocycles. The summed E-state index contributed by atoms with van der Waals surface area (Å²) in [5.41, 5.74) is 2.49. The third-order valence-electron chi connectivity index (χ3n) is 8.59. The molecule has 46 heavy (non-hydrogen) atoms. The molecule has 0 spiro atoms. The first-order valence-electron chi connectivity index (χ1n) is 16.0. The molecular weight excluding hydrogens is 584 g/mol. The summed E-state index contributed by atoms with van der Waals surface area (Å²) in [7, 11) is 3.06. The SMILES string of the molecule is COc1ccc(OC)c(C(=O)N(C[C@H]2CC[C@@H]([C@@H]3CC[C@H](CO)O3)O2)C(C(=O)NC(C)(C)C)c2ccc(-c3ccccc3)cc2)c1. The van der Waals surface area contributed by atoms with Crippen LogP contribution in [0.3, 0.4) is 0 Å². The molecule has 2 aliphatic rings. The van der Waals surface area contributed by atoms with E-state index >= 15 is 0 Å². The van der Waals surface area contributed by atoms with Gasteiger partial charge in [0, 0.05) is 12.1 Å². The molecule has 0 aliphatic carbocycles. The molecule has 2 aliphatic heterocycles. The molecular formula is C37H46N2O7. The predicted octanol–water partition coefficient (Wildman–Crippen LogP) is 5.56. The first-order valence-corrected chi connectivity index (χ1v) is 16.0. The van der Waals surface area contributed by atoms with E-state index in [1.54, 1.807) is 30.2 Å². The van der Waals surface area contributed by atoms with Crippen LogP contribution < -0.4 is 14.8 Å². The highest BCUT2D eigenvalue weighted by molar-refractivity contribution is 6.00. The summed E-state index contributed by atoms with van der Waals surface area (Å²) in [6.45, 7) is 5.93. The highest BCUT2D eigenvalue weighted by atomic mass is 16.6. The summed E-state index contributed by atoms with van der Waals surface area (Å²) in [5, 5.41) is 12.7. The Morgan fingerprint density at radius 2 is 1.50 bits per heavy atom. The second-order valence-electron chi connectivity index (χ2n) is 13.1. The minimum atomic E-state index is -0.961. The standard InChI is InChI=1S/C37H46N2O7/c1-37(2,3)38-35(41)34(26-13-11-25(12-14-26)24-9-7-6-8-10-24)39(36(42)30-21-27(43-4)15-18-31(30)44-5)22-28-16-19-32(45-28)33-20-17-29(23-40)46-33/h6-15,18,21,28-29,32-34,40H,16-17,19-20,22-23H2,1-5H3,(H,38,41)/t28-,29-,32+,33+,34?/m1/s1. The van der Waals surface area contributed by atoms with Crippen molar-refractivity contribution in [1.29, 1.82) is 0 Å². The topological polar surface area (TPSA) is 107 Å². The smallest absolute Gasteiger partial charge is 0.258 e. The molecule has 3 aromatic rings. The lowest BCUT2D eigenvalue weighted by Crippen LogP contribution is -2.51. The van der Waals surface area contributed by atoms with E-state index in [1.807, 2.05) is 75.4 Å². The molecule has 0 radical (unpaired) electrons. The molecule has 9 heteroatoms. The van der Waals surface area contributed by atoms with Crippen molar-refractivity contribution in [1.82, 2.24) is 10.2 Å². The number of hydrogen-bond acceptors (Lipinski definition) is 7. The summed E-state index contributed by atoms with van der Waals surface area (Å²) >= 11 is 0. The van der Waals surface area contributed by atoms with Crippen LogP contribution in [0.2, 0.25) is 0 Å². The molecule has 0 bridgehead atoms. The van der Waals surface area contributed by atoms with Crippen molar-refractivity contribution in [3.63, 3.8) is 0 Å². The Labute approximate surface area is 271 Å². The van der Waals surface area contributed by atoms with Crippen LogP contribution in [0, 0.1) is 0 Å². The van der Waals surface area contributed by atoms with E-state index in [-0.39, 0.29) is 54.9 Å². The zero-order chi connectivity index (χ0) is 32.8. The van der Waals surface area contributed by atoms with E-state index in [1.165, 1.54) is 7.11 Å². The van der Waals surface area contributed by atoms with E-state index in [4.69, 9.17) is 18.9 Å². The van der Waals surface area contributed by atoms with E-state index < -0.39 is 11.6 Å². The van der Waals surface area contributed by atoms with Crippen LogP contribution in [0.15, 0.2) is 72.8 Å². The van der Waals surface area contributed by atoms with Crippen LogP contribution in [0.25, 0.3) is 11.1 Å². The number of aliphatic hydroxyl groups is 1. The van der Waals surface area contributed by atoms with Gasteiger partial charge in [0.25, 0.3) is 5.91 Å². The van der Waals surface area contributed by atoms with E-state index in [0.29, 0.717) is 23.5 Å². The van der Waals surface area contributed by atoms with Crippen LogP contribution in [0.5, 0.6) is 11.5 Å². The summed E-state index contributed by atoms with van der Waals surface area (Å²) < 4.78 is 23.6. The summed E-state index contributed by atoms with van der Waals surface area (Å²) in [5.74, 6) is 0.210. The quantitative estimate of drug-likeness (QED) is 0.286. The Morgan fingerprint density at radius 1 is 0.870 bits per heavy atom. The van der Waals surface area contributed by atoms with Crippen molar-refractivity contribution < 1.29 is 33.6 Å². The van der Waals surface area contributed by atoms with E-state index in [2.05, 4.69) is 5.32 Å². The Kier molecular flexibility index (Phi) is 10.7. The van der Waals surface area contributed by atoms with Gasteiger partial charge in [-0.3, -0.25) is 9.59 Å². The summed E-state index contributed by atoms with van der Waals surface area (Å²) in [4.78, 5) is 30.5. The maximum absolute atomic E-state index is 14.7. The van der Waals surface area contributed by atoms with Crippen molar-refractivity contribution in [2.24, 2.45) is 0 Å². The molecule has 0 aromatic heterocycles. The molecule has 3 aromatic carbocycles. The van der Waals surface area contributed by atoms with Gasteiger partial charge in [-0.15, -0.1) is 0 Å². The number of amides is 2. The van der Waals surface area contributed by atoms with Gasteiger partial charge >= 0.3 is 0 Å². The minimum absolute atomic E-state index is 0.00900. The maximum atomic E-state index is 14.7. The van der Waals surface area contributed by atoms with Gasteiger partial charge in [-0.2, -0.15) is 0 Å².